The number of nitrogens with one attached hydrogen (secondary N) is 1. The molecule has 0 aliphatic heterocycles. The maximum atomic E-state index is 13.4. The van der Waals surface area contributed by atoms with Crippen LogP contribution in [-0.4, -0.2) is 12.5 Å². The zero-order valence-corrected chi connectivity index (χ0v) is 9.02. The van der Waals surface area contributed by atoms with Crippen LogP contribution in [0.3, 0.4) is 0 Å². The van der Waals surface area contributed by atoms with Crippen molar-refractivity contribution in [3.63, 3.8) is 0 Å². The highest BCUT2D eigenvalue weighted by atomic mass is 19.1. The fraction of sp³-hybridized carbons (Fsp3) is 0.250. The number of amides is 1. The second kappa shape index (κ2) is 5.39. The molecule has 2 nitrogen and oxygen atoms in total. The number of benzene rings is 1. The summed E-state index contributed by atoms with van der Waals surface area (Å²) in [5.74, 6) is -1.49. The average molecular weight is 225 g/mol. The van der Waals surface area contributed by atoms with Gasteiger partial charge in [0.15, 0.2) is 0 Å². The summed E-state index contributed by atoms with van der Waals surface area (Å²) in [6.45, 7) is 5.59. The lowest BCUT2D eigenvalue weighted by Crippen LogP contribution is -2.24. The molecule has 0 unspecified atom stereocenters. The van der Waals surface area contributed by atoms with Gasteiger partial charge in [0.25, 0.3) is 0 Å². The molecule has 0 fully saturated rings. The maximum absolute atomic E-state index is 13.4. The minimum atomic E-state index is -0.595. The molecule has 0 spiro atoms. The first-order valence-corrected chi connectivity index (χ1v) is 4.95. The standard InChI is InChI=1S/C12H13F2NO/c1-3-8-5-11(14)9(6-10(8)13)7-12(16)15-4-2/h3,5-6H,1,4,7H2,2H3,(H,15,16). The minimum Gasteiger partial charge on any atom is -0.356 e. The van der Waals surface area contributed by atoms with Crippen molar-refractivity contribution < 1.29 is 13.6 Å². The van der Waals surface area contributed by atoms with Crippen molar-refractivity contribution >= 4 is 12.0 Å². The molecule has 0 aromatic heterocycles. The van der Waals surface area contributed by atoms with Gasteiger partial charge in [0.05, 0.1) is 6.42 Å². The van der Waals surface area contributed by atoms with Gasteiger partial charge >= 0.3 is 0 Å². The Morgan fingerprint density at radius 2 is 2.12 bits per heavy atom. The Kier molecular flexibility index (Phi) is 4.17. The second-order valence-electron chi connectivity index (χ2n) is 3.30. The Labute approximate surface area is 93.0 Å². The molecule has 86 valence electrons. The summed E-state index contributed by atoms with van der Waals surface area (Å²) in [4.78, 5) is 11.2. The normalized spacial score (nSPS) is 9.94. The molecule has 0 saturated carbocycles. The number of halogens is 2. The maximum Gasteiger partial charge on any atom is 0.224 e. The summed E-state index contributed by atoms with van der Waals surface area (Å²) < 4.78 is 26.7. The van der Waals surface area contributed by atoms with E-state index in [1.807, 2.05) is 0 Å². The van der Waals surface area contributed by atoms with E-state index in [1.54, 1.807) is 6.92 Å². The van der Waals surface area contributed by atoms with Gasteiger partial charge in [-0.3, -0.25) is 4.79 Å². The number of carbonyl (C=O) groups excluding carboxylic acids is 1. The largest absolute Gasteiger partial charge is 0.356 e. The Balaban J connectivity index is 2.93. The average Bonchev–Trinajstić information content (AvgIpc) is 2.23. The monoisotopic (exact) mass is 225 g/mol. The van der Waals surface area contributed by atoms with Gasteiger partial charge in [-0.25, -0.2) is 8.78 Å². The van der Waals surface area contributed by atoms with Crippen LogP contribution in [-0.2, 0) is 11.2 Å². The Bertz CT molecular complexity index is 416. The van der Waals surface area contributed by atoms with Gasteiger partial charge in [-0.2, -0.15) is 0 Å². The van der Waals surface area contributed by atoms with Crippen LogP contribution in [0.5, 0.6) is 0 Å². The molecule has 4 heteroatoms. The number of rotatable bonds is 4. The van der Waals surface area contributed by atoms with Gasteiger partial charge in [0.2, 0.25) is 5.91 Å². The minimum absolute atomic E-state index is 0.0500. The highest BCUT2D eigenvalue weighted by molar-refractivity contribution is 5.78. The van der Waals surface area contributed by atoms with Crippen LogP contribution in [0.4, 0.5) is 8.78 Å². The third-order valence-corrected chi connectivity index (χ3v) is 2.11. The highest BCUT2D eigenvalue weighted by Gasteiger charge is 2.11. The molecule has 1 N–H and O–H groups in total. The summed E-state index contributed by atoms with van der Waals surface area (Å²) in [6.07, 6.45) is 1.07. The van der Waals surface area contributed by atoms with Crippen LogP contribution in [0, 0.1) is 11.6 Å². The number of hydrogen-bond acceptors (Lipinski definition) is 1. The van der Waals surface area contributed by atoms with E-state index in [0.717, 1.165) is 12.1 Å². The molecule has 0 radical (unpaired) electrons. The Morgan fingerprint density at radius 1 is 1.44 bits per heavy atom. The van der Waals surface area contributed by atoms with Crippen LogP contribution >= 0.6 is 0 Å². The lowest BCUT2D eigenvalue weighted by molar-refractivity contribution is -0.120. The lowest BCUT2D eigenvalue weighted by atomic mass is 10.1. The molecule has 0 bridgehead atoms. The van der Waals surface area contributed by atoms with Gasteiger partial charge in [0, 0.05) is 17.7 Å². The highest BCUT2D eigenvalue weighted by Crippen LogP contribution is 2.16. The quantitative estimate of drug-likeness (QED) is 0.836. The first kappa shape index (κ1) is 12.4. The SMILES string of the molecule is C=Cc1cc(F)c(CC(=O)NCC)cc1F. The zero-order chi connectivity index (χ0) is 12.1. The smallest absolute Gasteiger partial charge is 0.224 e. The van der Waals surface area contributed by atoms with Crippen molar-refractivity contribution in [3.8, 4) is 0 Å². The van der Waals surface area contributed by atoms with Crippen LogP contribution in [0.2, 0.25) is 0 Å². The van der Waals surface area contributed by atoms with Crippen LogP contribution < -0.4 is 5.32 Å². The predicted molar refractivity (Wildman–Crippen MR) is 58.8 cm³/mol. The molecule has 1 aromatic carbocycles. The topological polar surface area (TPSA) is 29.1 Å². The third kappa shape index (κ3) is 2.89. The summed E-state index contributed by atoms with van der Waals surface area (Å²) in [5, 5.41) is 2.52. The fourth-order valence-corrected chi connectivity index (χ4v) is 1.33. The first-order valence-electron chi connectivity index (χ1n) is 4.95. The van der Waals surface area contributed by atoms with E-state index in [0.29, 0.717) is 6.54 Å². The fourth-order valence-electron chi connectivity index (χ4n) is 1.33. The summed E-state index contributed by atoms with van der Waals surface area (Å²) in [5.41, 5.74) is 0.145. The van der Waals surface area contributed by atoms with Gasteiger partial charge in [-0.1, -0.05) is 12.7 Å². The molecule has 0 aliphatic rings. The van der Waals surface area contributed by atoms with E-state index in [-0.39, 0.29) is 23.5 Å². The molecule has 1 aromatic rings. The molecule has 0 saturated heterocycles. The van der Waals surface area contributed by atoms with Crippen LogP contribution in [0.1, 0.15) is 18.1 Å². The van der Waals surface area contributed by atoms with Crippen LogP contribution in [0.25, 0.3) is 6.08 Å². The van der Waals surface area contributed by atoms with Crippen molar-refractivity contribution in [3.05, 3.63) is 41.5 Å². The molecule has 16 heavy (non-hydrogen) atoms. The number of likely N-dealkylation sites (N-methyl/N-ethyl adjacent to an activating group) is 1. The van der Waals surface area contributed by atoms with Gasteiger partial charge in [0.1, 0.15) is 11.6 Å². The zero-order valence-electron chi connectivity index (χ0n) is 9.02. The molecule has 0 heterocycles. The van der Waals surface area contributed by atoms with E-state index in [9.17, 15) is 13.6 Å². The van der Waals surface area contributed by atoms with Gasteiger partial charge < -0.3 is 5.32 Å². The molecule has 1 rings (SSSR count). The van der Waals surface area contributed by atoms with Crippen molar-refractivity contribution in [2.45, 2.75) is 13.3 Å². The van der Waals surface area contributed by atoms with Crippen molar-refractivity contribution in [2.24, 2.45) is 0 Å². The van der Waals surface area contributed by atoms with Crippen molar-refractivity contribution in [2.75, 3.05) is 6.54 Å². The van der Waals surface area contributed by atoms with E-state index < -0.39 is 11.6 Å². The second-order valence-corrected chi connectivity index (χ2v) is 3.30. The number of hydrogen-bond donors (Lipinski definition) is 1. The lowest BCUT2D eigenvalue weighted by Gasteiger charge is -2.05. The van der Waals surface area contributed by atoms with Gasteiger partial charge in [-0.05, 0) is 19.1 Å². The van der Waals surface area contributed by atoms with Crippen molar-refractivity contribution in [1.29, 1.82) is 0 Å². The van der Waals surface area contributed by atoms with E-state index >= 15 is 0 Å². The van der Waals surface area contributed by atoms with Crippen molar-refractivity contribution in [1.82, 2.24) is 5.32 Å². The third-order valence-electron chi connectivity index (χ3n) is 2.11. The molecule has 0 atom stereocenters. The Hall–Kier alpha value is -1.71. The van der Waals surface area contributed by atoms with E-state index in [4.69, 9.17) is 0 Å². The summed E-state index contributed by atoms with van der Waals surface area (Å²) in [6, 6.07) is 2.07. The number of carbonyl (C=O) groups is 1. The van der Waals surface area contributed by atoms with E-state index in [2.05, 4.69) is 11.9 Å². The Morgan fingerprint density at radius 3 is 2.69 bits per heavy atom. The molecule has 1 amide bonds. The molecular formula is C12H13F2NO. The van der Waals surface area contributed by atoms with E-state index in [1.165, 1.54) is 6.08 Å². The van der Waals surface area contributed by atoms with Crippen LogP contribution in [0.15, 0.2) is 18.7 Å². The first-order chi connectivity index (χ1) is 7.58. The summed E-state index contributed by atoms with van der Waals surface area (Å²) in [7, 11) is 0. The predicted octanol–water partition coefficient (Wildman–Crippen LogP) is 2.29. The van der Waals surface area contributed by atoms with Gasteiger partial charge in [-0.15, -0.1) is 0 Å². The molecular weight excluding hydrogens is 212 g/mol. The summed E-state index contributed by atoms with van der Waals surface area (Å²) >= 11 is 0. The molecule has 0 aliphatic carbocycles.